The van der Waals surface area contributed by atoms with Crippen molar-refractivity contribution < 1.29 is 9.21 Å². The van der Waals surface area contributed by atoms with Gasteiger partial charge in [-0.05, 0) is 61.7 Å². The number of carbonyl (C=O) groups excluding carboxylic acids is 1. The summed E-state index contributed by atoms with van der Waals surface area (Å²) in [7, 11) is 0. The quantitative estimate of drug-likeness (QED) is 0.594. The highest BCUT2D eigenvalue weighted by Crippen LogP contribution is 2.25. The highest BCUT2D eigenvalue weighted by atomic mass is 32.1. The monoisotopic (exact) mass is 409 g/mol. The number of carbonyl (C=O) groups is 1. The van der Waals surface area contributed by atoms with Crippen molar-refractivity contribution in [2.75, 3.05) is 18.4 Å². The van der Waals surface area contributed by atoms with Crippen LogP contribution in [0.25, 0.3) is 11.3 Å². The number of hydrogen-bond acceptors (Lipinski definition) is 5. The van der Waals surface area contributed by atoms with Crippen LogP contribution in [0.2, 0.25) is 0 Å². The Morgan fingerprint density at radius 1 is 1.31 bits per heavy atom. The van der Waals surface area contributed by atoms with Crippen LogP contribution in [0, 0.1) is 5.92 Å². The summed E-state index contributed by atoms with van der Waals surface area (Å²) in [5.41, 5.74) is 2.99. The van der Waals surface area contributed by atoms with Crippen LogP contribution in [0.3, 0.4) is 0 Å². The zero-order valence-corrected chi connectivity index (χ0v) is 17.7. The van der Waals surface area contributed by atoms with E-state index in [1.54, 1.807) is 17.6 Å². The summed E-state index contributed by atoms with van der Waals surface area (Å²) in [6.07, 6.45) is 3.63. The van der Waals surface area contributed by atoms with Crippen LogP contribution in [0.1, 0.15) is 43.3 Å². The van der Waals surface area contributed by atoms with Crippen molar-refractivity contribution >= 4 is 22.9 Å². The van der Waals surface area contributed by atoms with Gasteiger partial charge in [0, 0.05) is 23.2 Å². The van der Waals surface area contributed by atoms with Crippen LogP contribution < -0.4 is 5.32 Å². The lowest BCUT2D eigenvalue weighted by Crippen LogP contribution is -2.40. The molecule has 1 saturated heterocycles. The summed E-state index contributed by atoms with van der Waals surface area (Å²) in [4.78, 5) is 19.9. The summed E-state index contributed by atoms with van der Waals surface area (Å²) in [6, 6.07) is 11.6. The molecule has 1 amide bonds. The zero-order valence-electron chi connectivity index (χ0n) is 16.9. The molecular formula is C23H27N3O2S. The van der Waals surface area contributed by atoms with E-state index in [0.717, 1.165) is 60.2 Å². The lowest BCUT2D eigenvalue weighted by Gasteiger charge is -2.31. The predicted molar refractivity (Wildman–Crippen MR) is 117 cm³/mol. The van der Waals surface area contributed by atoms with Gasteiger partial charge in [-0.1, -0.05) is 13.8 Å². The lowest BCUT2D eigenvalue weighted by atomic mass is 9.97. The number of furan rings is 1. The molecule has 1 aliphatic heterocycles. The lowest BCUT2D eigenvalue weighted by molar-refractivity contribution is -0.121. The summed E-state index contributed by atoms with van der Waals surface area (Å²) in [6.45, 7) is 6.98. The average molecular weight is 410 g/mol. The summed E-state index contributed by atoms with van der Waals surface area (Å²) < 4.78 is 5.41. The highest BCUT2D eigenvalue weighted by Gasteiger charge is 2.26. The maximum absolute atomic E-state index is 12.8. The van der Waals surface area contributed by atoms with E-state index in [9.17, 15) is 4.79 Å². The number of piperidine rings is 1. The van der Waals surface area contributed by atoms with Crippen LogP contribution in [0.5, 0.6) is 0 Å². The summed E-state index contributed by atoms with van der Waals surface area (Å²) >= 11 is 1.72. The van der Waals surface area contributed by atoms with Gasteiger partial charge in [-0.2, -0.15) is 0 Å². The van der Waals surface area contributed by atoms with Gasteiger partial charge in [-0.15, -0.1) is 11.3 Å². The van der Waals surface area contributed by atoms with E-state index in [0.29, 0.717) is 5.92 Å². The molecule has 29 heavy (non-hydrogen) atoms. The molecule has 3 aromatic rings. The summed E-state index contributed by atoms with van der Waals surface area (Å²) in [5, 5.41) is 6.37. The molecule has 1 atom stereocenters. The molecule has 1 N–H and O–H groups in total. The molecule has 0 saturated carbocycles. The molecule has 0 aliphatic carbocycles. The van der Waals surface area contributed by atoms with Gasteiger partial charge in [0.2, 0.25) is 5.91 Å². The van der Waals surface area contributed by atoms with E-state index >= 15 is 0 Å². The number of nitrogens with zero attached hydrogens (tertiary/aromatic N) is 2. The molecule has 152 valence electrons. The van der Waals surface area contributed by atoms with Gasteiger partial charge in [-0.25, -0.2) is 4.98 Å². The minimum Gasteiger partial charge on any atom is -0.464 e. The van der Waals surface area contributed by atoms with E-state index in [1.807, 2.05) is 36.4 Å². The Kier molecular flexibility index (Phi) is 6.11. The fourth-order valence-electron chi connectivity index (χ4n) is 3.67. The van der Waals surface area contributed by atoms with Gasteiger partial charge in [0.1, 0.15) is 10.8 Å². The molecule has 1 aromatic carbocycles. The number of thiazole rings is 1. The molecule has 1 aliphatic rings. The Morgan fingerprint density at radius 3 is 2.83 bits per heavy atom. The SMILES string of the molecule is CC(C)c1csc(CN2CCC[C@H](C(=O)Nc3ccc(-c4ccco4)cc3)C2)n1. The third-order valence-corrected chi connectivity index (χ3v) is 6.21. The van der Waals surface area contributed by atoms with Crippen LogP contribution in [0.15, 0.2) is 52.5 Å². The van der Waals surface area contributed by atoms with Crippen molar-refractivity contribution in [2.24, 2.45) is 5.92 Å². The first-order valence-electron chi connectivity index (χ1n) is 10.2. The molecule has 3 heterocycles. The van der Waals surface area contributed by atoms with Crippen LogP contribution >= 0.6 is 11.3 Å². The number of anilines is 1. The first-order valence-corrected chi connectivity index (χ1v) is 11.1. The molecule has 0 unspecified atom stereocenters. The standard InChI is InChI=1S/C23H27N3O2S/c1-16(2)20-15-29-22(25-20)14-26-11-3-5-18(13-26)23(27)24-19-9-7-17(8-10-19)21-6-4-12-28-21/h4,6-10,12,15-16,18H,3,5,11,13-14H2,1-2H3,(H,24,27)/t18-/m0/s1. The Balaban J connectivity index is 1.33. The first kappa shape index (κ1) is 19.9. The van der Waals surface area contributed by atoms with Crippen molar-refractivity contribution in [3.05, 3.63) is 58.7 Å². The number of aromatic nitrogens is 1. The van der Waals surface area contributed by atoms with Gasteiger partial charge < -0.3 is 9.73 Å². The molecule has 6 heteroatoms. The Labute approximate surface area is 175 Å². The number of rotatable bonds is 6. The Bertz CT molecular complexity index is 931. The van der Waals surface area contributed by atoms with E-state index in [-0.39, 0.29) is 11.8 Å². The third kappa shape index (κ3) is 4.95. The molecule has 0 bridgehead atoms. The minimum absolute atomic E-state index is 0.0121. The Morgan fingerprint density at radius 2 is 2.14 bits per heavy atom. The van der Waals surface area contributed by atoms with Gasteiger partial charge in [-0.3, -0.25) is 9.69 Å². The number of amides is 1. The van der Waals surface area contributed by atoms with Gasteiger partial charge in [0.25, 0.3) is 0 Å². The van der Waals surface area contributed by atoms with Crippen LogP contribution in [-0.4, -0.2) is 28.9 Å². The van der Waals surface area contributed by atoms with E-state index in [1.165, 1.54) is 0 Å². The number of benzene rings is 1. The normalized spacial score (nSPS) is 17.6. The van der Waals surface area contributed by atoms with Gasteiger partial charge >= 0.3 is 0 Å². The molecule has 5 nitrogen and oxygen atoms in total. The molecule has 2 aromatic heterocycles. The predicted octanol–water partition coefficient (Wildman–Crippen LogP) is 5.38. The minimum atomic E-state index is 0.0121. The fraction of sp³-hybridized carbons (Fsp3) is 0.391. The number of likely N-dealkylation sites (tertiary alicyclic amines) is 1. The smallest absolute Gasteiger partial charge is 0.228 e. The maximum Gasteiger partial charge on any atom is 0.228 e. The van der Waals surface area contributed by atoms with E-state index < -0.39 is 0 Å². The molecular weight excluding hydrogens is 382 g/mol. The summed E-state index contributed by atoms with van der Waals surface area (Å²) in [5.74, 6) is 1.40. The van der Waals surface area contributed by atoms with Crippen molar-refractivity contribution in [1.82, 2.24) is 9.88 Å². The van der Waals surface area contributed by atoms with Crippen molar-refractivity contribution in [3.8, 4) is 11.3 Å². The maximum atomic E-state index is 12.8. The third-order valence-electron chi connectivity index (χ3n) is 5.35. The zero-order chi connectivity index (χ0) is 20.2. The molecule has 4 rings (SSSR count). The number of hydrogen-bond donors (Lipinski definition) is 1. The van der Waals surface area contributed by atoms with Crippen molar-refractivity contribution in [3.63, 3.8) is 0 Å². The fourth-order valence-corrected chi connectivity index (χ4v) is 4.67. The topological polar surface area (TPSA) is 58.4 Å². The molecule has 0 spiro atoms. The van der Waals surface area contributed by atoms with Crippen molar-refractivity contribution in [2.45, 2.75) is 39.2 Å². The second kappa shape index (κ2) is 8.93. The second-order valence-corrected chi connectivity index (χ2v) is 8.88. The van der Waals surface area contributed by atoms with Crippen molar-refractivity contribution in [1.29, 1.82) is 0 Å². The van der Waals surface area contributed by atoms with E-state index in [2.05, 4.69) is 29.4 Å². The Hall–Kier alpha value is -2.44. The van der Waals surface area contributed by atoms with Gasteiger partial charge in [0.05, 0.1) is 24.4 Å². The van der Waals surface area contributed by atoms with Crippen LogP contribution in [-0.2, 0) is 11.3 Å². The first-order chi connectivity index (χ1) is 14.1. The van der Waals surface area contributed by atoms with Crippen LogP contribution in [0.4, 0.5) is 5.69 Å². The molecule has 1 fully saturated rings. The second-order valence-electron chi connectivity index (χ2n) is 7.94. The highest BCUT2D eigenvalue weighted by molar-refractivity contribution is 7.09. The average Bonchev–Trinajstić information content (AvgIpc) is 3.41. The largest absolute Gasteiger partial charge is 0.464 e. The molecule has 0 radical (unpaired) electrons. The number of nitrogens with one attached hydrogen (secondary N) is 1. The van der Waals surface area contributed by atoms with E-state index in [4.69, 9.17) is 9.40 Å². The van der Waals surface area contributed by atoms with Gasteiger partial charge in [0.15, 0.2) is 0 Å².